The average Bonchev–Trinajstić information content (AvgIpc) is 3.16. The number of rotatable bonds is 3. The van der Waals surface area contributed by atoms with Crippen LogP contribution in [0, 0.1) is 0 Å². The summed E-state index contributed by atoms with van der Waals surface area (Å²) in [5, 5.41) is 7.01. The topological polar surface area (TPSA) is 61.9 Å². The maximum atomic E-state index is 12.4. The molecule has 98 valence electrons. The van der Waals surface area contributed by atoms with Crippen molar-refractivity contribution in [2.24, 2.45) is 0 Å². The van der Waals surface area contributed by atoms with Gasteiger partial charge in [-0.05, 0) is 38.5 Å². The zero-order chi connectivity index (χ0) is 12.5. The molecule has 1 saturated carbocycles. The Balaban J connectivity index is 1.74. The molecule has 2 fully saturated rings. The van der Waals surface area contributed by atoms with Crippen molar-refractivity contribution in [3.8, 4) is 0 Å². The number of carbonyl (C=O) groups is 1. The Kier molecular flexibility index (Phi) is 3.06. The summed E-state index contributed by atoms with van der Waals surface area (Å²) in [7, 11) is 0. The number of nitrogens with one attached hydrogen (secondary N) is 1. The van der Waals surface area contributed by atoms with Crippen molar-refractivity contribution in [1.29, 1.82) is 0 Å². The largest absolute Gasteiger partial charge is 0.333 e. The predicted octanol–water partition coefficient (Wildman–Crippen LogP) is 2.09. The van der Waals surface area contributed by atoms with E-state index in [9.17, 15) is 4.79 Å². The van der Waals surface area contributed by atoms with Gasteiger partial charge >= 0.3 is 0 Å². The molecule has 1 N–H and O–H groups in total. The van der Waals surface area contributed by atoms with Crippen molar-refractivity contribution in [2.45, 2.75) is 57.4 Å². The quantitative estimate of drug-likeness (QED) is 0.891. The molecule has 1 unspecified atom stereocenters. The maximum absolute atomic E-state index is 12.4. The molecule has 0 bridgehead atoms. The van der Waals surface area contributed by atoms with E-state index >= 15 is 0 Å². The number of aromatic amines is 1. The Morgan fingerprint density at radius 1 is 1.39 bits per heavy atom. The fourth-order valence-electron chi connectivity index (χ4n) is 2.73. The van der Waals surface area contributed by atoms with Gasteiger partial charge in [-0.25, -0.2) is 4.98 Å². The van der Waals surface area contributed by atoms with Crippen LogP contribution in [-0.4, -0.2) is 38.6 Å². The Hall–Kier alpha value is -1.39. The highest BCUT2D eigenvalue weighted by molar-refractivity contribution is 5.90. The lowest BCUT2D eigenvalue weighted by atomic mass is 10.00. The molecular formula is C13H20N4O. The maximum Gasteiger partial charge on any atom is 0.293 e. The standard InChI is InChI=1S/C13H20N4O/c1-2-10-5-3-4-8-17(10)13(18)12-14-11(15-16-12)9-6-7-9/h9-10H,2-8H2,1H3,(H,14,15,16). The first kappa shape index (κ1) is 11.7. The SMILES string of the molecule is CCC1CCCCN1C(=O)c1n[nH]c(C2CC2)n1. The van der Waals surface area contributed by atoms with Crippen LogP contribution in [0.3, 0.4) is 0 Å². The second-order valence-corrected chi connectivity index (χ2v) is 5.37. The van der Waals surface area contributed by atoms with Crippen LogP contribution in [0.5, 0.6) is 0 Å². The van der Waals surface area contributed by atoms with Crippen molar-refractivity contribution in [3.05, 3.63) is 11.6 Å². The van der Waals surface area contributed by atoms with Crippen LogP contribution >= 0.6 is 0 Å². The first-order valence-corrected chi connectivity index (χ1v) is 7.03. The van der Waals surface area contributed by atoms with E-state index in [1.807, 2.05) is 4.90 Å². The molecule has 1 aliphatic heterocycles. The molecule has 1 saturated heterocycles. The molecule has 1 aliphatic carbocycles. The lowest BCUT2D eigenvalue weighted by molar-refractivity contribution is 0.0595. The van der Waals surface area contributed by atoms with Gasteiger partial charge in [-0.15, -0.1) is 5.10 Å². The molecule has 2 aliphatic rings. The number of carbonyl (C=O) groups excluding carboxylic acids is 1. The summed E-state index contributed by atoms with van der Waals surface area (Å²) in [5.41, 5.74) is 0. The van der Waals surface area contributed by atoms with Gasteiger partial charge in [-0.3, -0.25) is 9.89 Å². The zero-order valence-electron chi connectivity index (χ0n) is 10.9. The Bertz CT molecular complexity index is 438. The molecular weight excluding hydrogens is 228 g/mol. The van der Waals surface area contributed by atoms with Crippen LogP contribution in [0.15, 0.2) is 0 Å². The number of aromatic nitrogens is 3. The fraction of sp³-hybridized carbons (Fsp3) is 0.769. The third-order valence-electron chi connectivity index (χ3n) is 4.02. The van der Waals surface area contributed by atoms with E-state index in [0.717, 1.165) is 31.6 Å². The monoisotopic (exact) mass is 248 g/mol. The highest BCUT2D eigenvalue weighted by Crippen LogP contribution is 2.37. The molecule has 5 nitrogen and oxygen atoms in total. The molecule has 18 heavy (non-hydrogen) atoms. The number of piperidine rings is 1. The average molecular weight is 248 g/mol. The van der Waals surface area contributed by atoms with E-state index in [0.29, 0.717) is 17.8 Å². The summed E-state index contributed by atoms with van der Waals surface area (Å²) < 4.78 is 0. The minimum Gasteiger partial charge on any atom is -0.333 e. The summed E-state index contributed by atoms with van der Waals surface area (Å²) in [5.74, 6) is 1.77. The van der Waals surface area contributed by atoms with Gasteiger partial charge in [0.15, 0.2) is 0 Å². The van der Waals surface area contributed by atoms with E-state index in [1.54, 1.807) is 0 Å². The van der Waals surface area contributed by atoms with Crippen LogP contribution < -0.4 is 0 Å². The molecule has 1 atom stereocenters. The molecule has 1 aromatic rings. The minimum atomic E-state index is 0.00435. The van der Waals surface area contributed by atoms with Crippen LogP contribution in [0.1, 0.15) is 67.8 Å². The molecule has 0 spiro atoms. The first-order valence-electron chi connectivity index (χ1n) is 7.03. The van der Waals surface area contributed by atoms with E-state index in [2.05, 4.69) is 22.1 Å². The van der Waals surface area contributed by atoms with Crippen molar-refractivity contribution in [2.75, 3.05) is 6.54 Å². The van der Waals surface area contributed by atoms with Crippen LogP contribution in [-0.2, 0) is 0 Å². The molecule has 2 heterocycles. The summed E-state index contributed by atoms with van der Waals surface area (Å²) in [6, 6.07) is 0.370. The normalized spacial score (nSPS) is 24.3. The third-order valence-corrected chi connectivity index (χ3v) is 4.02. The van der Waals surface area contributed by atoms with Crippen LogP contribution in [0.4, 0.5) is 0 Å². The number of amides is 1. The highest BCUT2D eigenvalue weighted by Gasteiger charge is 2.31. The zero-order valence-corrected chi connectivity index (χ0v) is 10.9. The van der Waals surface area contributed by atoms with Gasteiger partial charge in [0.25, 0.3) is 5.91 Å². The van der Waals surface area contributed by atoms with Crippen LogP contribution in [0.2, 0.25) is 0 Å². The molecule has 0 radical (unpaired) electrons. The number of hydrogen-bond acceptors (Lipinski definition) is 3. The second-order valence-electron chi connectivity index (χ2n) is 5.37. The van der Waals surface area contributed by atoms with Gasteiger partial charge in [0.05, 0.1) is 0 Å². The highest BCUT2D eigenvalue weighted by atomic mass is 16.2. The van der Waals surface area contributed by atoms with E-state index in [4.69, 9.17) is 0 Å². The Labute approximate surface area is 107 Å². The predicted molar refractivity (Wildman–Crippen MR) is 67.3 cm³/mol. The van der Waals surface area contributed by atoms with Gasteiger partial charge in [0.1, 0.15) is 5.82 Å². The number of H-pyrrole nitrogens is 1. The molecule has 0 aromatic carbocycles. The fourth-order valence-corrected chi connectivity index (χ4v) is 2.73. The van der Waals surface area contributed by atoms with E-state index < -0.39 is 0 Å². The van der Waals surface area contributed by atoms with Crippen molar-refractivity contribution in [3.63, 3.8) is 0 Å². The van der Waals surface area contributed by atoms with E-state index in [1.165, 1.54) is 19.3 Å². The minimum absolute atomic E-state index is 0.00435. The Morgan fingerprint density at radius 2 is 2.22 bits per heavy atom. The van der Waals surface area contributed by atoms with Gasteiger partial charge in [-0.1, -0.05) is 6.92 Å². The number of nitrogens with zero attached hydrogens (tertiary/aromatic N) is 3. The summed E-state index contributed by atoms with van der Waals surface area (Å²) >= 11 is 0. The number of hydrogen-bond donors (Lipinski definition) is 1. The van der Waals surface area contributed by atoms with Crippen molar-refractivity contribution >= 4 is 5.91 Å². The Morgan fingerprint density at radius 3 is 2.94 bits per heavy atom. The lowest BCUT2D eigenvalue weighted by Crippen LogP contribution is -2.43. The number of likely N-dealkylation sites (tertiary alicyclic amines) is 1. The molecule has 3 rings (SSSR count). The van der Waals surface area contributed by atoms with Gasteiger partial charge in [-0.2, -0.15) is 0 Å². The molecule has 1 amide bonds. The summed E-state index contributed by atoms with van der Waals surface area (Å²) in [6.07, 6.45) is 6.80. The second kappa shape index (κ2) is 4.71. The van der Waals surface area contributed by atoms with Gasteiger partial charge < -0.3 is 4.90 Å². The van der Waals surface area contributed by atoms with Gasteiger partial charge in [0, 0.05) is 18.5 Å². The summed E-state index contributed by atoms with van der Waals surface area (Å²) in [6.45, 7) is 2.99. The van der Waals surface area contributed by atoms with Gasteiger partial charge in [0.2, 0.25) is 5.82 Å². The van der Waals surface area contributed by atoms with Crippen molar-refractivity contribution in [1.82, 2.24) is 20.1 Å². The molecule has 5 heteroatoms. The van der Waals surface area contributed by atoms with Crippen molar-refractivity contribution < 1.29 is 4.79 Å². The van der Waals surface area contributed by atoms with Crippen LogP contribution in [0.25, 0.3) is 0 Å². The van der Waals surface area contributed by atoms with E-state index in [-0.39, 0.29) is 5.91 Å². The smallest absolute Gasteiger partial charge is 0.293 e. The third kappa shape index (κ3) is 2.13. The lowest BCUT2D eigenvalue weighted by Gasteiger charge is -2.34. The first-order chi connectivity index (χ1) is 8.79. The molecule has 1 aromatic heterocycles. The summed E-state index contributed by atoms with van der Waals surface area (Å²) in [4.78, 5) is 18.7.